The molecule has 0 saturated heterocycles. The molecule has 0 radical (unpaired) electrons. The number of nitrogens with one attached hydrogen (secondary N) is 2. The van der Waals surface area contributed by atoms with Crippen molar-refractivity contribution < 1.29 is 9.59 Å². The van der Waals surface area contributed by atoms with Crippen LogP contribution in [-0.2, 0) is 11.8 Å². The van der Waals surface area contributed by atoms with Gasteiger partial charge in [-0.05, 0) is 78.0 Å². The van der Waals surface area contributed by atoms with Gasteiger partial charge in [-0.3, -0.25) is 9.59 Å². The first-order valence-electron chi connectivity index (χ1n) is 8.97. The highest BCUT2D eigenvalue weighted by atomic mass is 127. The van der Waals surface area contributed by atoms with Crippen LogP contribution in [0.4, 0.5) is 5.69 Å². The molecular formula is C20H19ClIN5O2S. The average Bonchev–Trinajstić information content (AvgIpc) is 3.09. The molecule has 0 aliphatic carbocycles. The third-order valence-electron chi connectivity index (χ3n) is 4.17. The van der Waals surface area contributed by atoms with Gasteiger partial charge in [-0.15, -0.1) is 10.2 Å². The van der Waals surface area contributed by atoms with Crippen LogP contribution in [0.2, 0.25) is 5.02 Å². The Morgan fingerprint density at radius 3 is 2.47 bits per heavy atom. The van der Waals surface area contributed by atoms with Crippen LogP contribution in [0.15, 0.2) is 53.7 Å². The fourth-order valence-corrected chi connectivity index (χ4v) is 3.84. The molecule has 0 fully saturated rings. The summed E-state index contributed by atoms with van der Waals surface area (Å²) < 4.78 is 2.87. The van der Waals surface area contributed by atoms with Crippen LogP contribution in [-0.4, -0.2) is 32.3 Å². The van der Waals surface area contributed by atoms with Gasteiger partial charge in [0.05, 0.1) is 11.8 Å². The number of halogens is 2. The number of carbonyl (C=O) groups is 2. The molecule has 3 aromatic rings. The minimum Gasteiger partial charge on any atom is -0.342 e. The van der Waals surface area contributed by atoms with Crippen molar-refractivity contribution >= 4 is 63.5 Å². The smallest absolute Gasteiger partial charge is 0.251 e. The van der Waals surface area contributed by atoms with Crippen molar-refractivity contribution in [3.05, 3.63) is 68.5 Å². The van der Waals surface area contributed by atoms with Gasteiger partial charge in [0, 0.05) is 26.9 Å². The summed E-state index contributed by atoms with van der Waals surface area (Å²) in [5.41, 5.74) is 1.26. The maximum atomic E-state index is 12.4. The number of nitrogens with zero attached hydrogens (tertiary/aromatic N) is 3. The minimum absolute atomic E-state index is 0.130. The van der Waals surface area contributed by atoms with E-state index in [-0.39, 0.29) is 23.6 Å². The molecule has 0 aliphatic heterocycles. The predicted octanol–water partition coefficient (Wildman–Crippen LogP) is 4.29. The van der Waals surface area contributed by atoms with Gasteiger partial charge < -0.3 is 15.2 Å². The maximum absolute atomic E-state index is 12.4. The Labute approximate surface area is 197 Å². The minimum atomic E-state index is -0.361. The van der Waals surface area contributed by atoms with E-state index in [9.17, 15) is 9.59 Å². The zero-order valence-electron chi connectivity index (χ0n) is 16.2. The van der Waals surface area contributed by atoms with Gasteiger partial charge in [-0.2, -0.15) is 0 Å². The van der Waals surface area contributed by atoms with Crippen molar-refractivity contribution in [3.63, 3.8) is 0 Å². The lowest BCUT2D eigenvalue weighted by atomic mass is 10.2. The molecule has 0 bridgehead atoms. The van der Waals surface area contributed by atoms with Gasteiger partial charge in [-0.25, -0.2) is 0 Å². The van der Waals surface area contributed by atoms with Crippen LogP contribution in [0.1, 0.15) is 29.1 Å². The van der Waals surface area contributed by atoms with Gasteiger partial charge in [0.2, 0.25) is 5.91 Å². The van der Waals surface area contributed by atoms with Crippen molar-refractivity contribution in [1.82, 2.24) is 20.1 Å². The van der Waals surface area contributed by atoms with E-state index in [0.717, 1.165) is 9.26 Å². The molecule has 3 rings (SSSR count). The summed E-state index contributed by atoms with van der Waals surface area (Å²) in [6.45, 7) is 1.83. The number of thioether (sulfide) groups is 1. The first-order valence-corrected chi connectivity index (χ1v) is 11.4. The van der Waals surface area contributed by atoms with Crippen LogP contribution >= 0.6 is 46.0 Å². The first-order chi connectivity index (χ1) is 14.3. The molecular weight excluding hydrogens is 537 g/mol. The van der Waals surface area contributed by atoms with Crippen LogP contribution < -0.4 is 10.6 Å². The quantitative estimate of drug-likeness (QED) is 0.335. The molecule has 2 aromatic carbocycles. The lowest BCUT2D eigenvalue weighted by Gasteiger charge is -2.13. The number of benzene rings is 2. The van der Waals surface area contributed by atoms with Crippen molar-refractivity contribution in [2.45, 2.75) is 18.1 Å². The predicted molar refractivity (Wildman–Crippen MR) is 127 cm³/mol. The van der Waals surface area contributed by atoms with E-state index in [2.05, 4.69) is 43.4 Å². The standard InChI is InChI=1S/C20H19ClIN5O2S/c1-12(23-19(29)13-3-5-14(21)6-4-13)18-25-26-20(27(18)2)30-11-17(28)24-16-9-7-15(22)8-10-16/h3-10,12H,11H2,1-2H3,(H,23,29)(H,24,28)/t12-/m1/s1. The van der Waals surface area contributed by atoms with E-state index in [1.807, 2.05) is 31.2 Å². The van der Waals surface area contributed by atoms with Crippen molar-refractivity contribution in [2.24, 2.45) is 7.05 Å². The molecule has 7 nitrogen and oxygen atoms in total. The average molecular weight is 556 g/mol. The number of rotatable bonds is 7. The van der Waals surface area contributed by atoms with Crippen molar-refractivity contribution in [2.75, 3.05) is 11.1 Å². The number of hydrogen-bond donors (Lipinski definition) is 2. The van der Waals surface area contributed by atoms with Crippen LogP contribution in [0.25, 0.3) is 0 Å². The van der Waals surface area contributed by atoms with Crippen LogP contribution in [0, 0.1) is 3.57 Å². The summed E-state index contributed by atoms with van der Waals surface area (Å²) >= 11 is 9.35. The Morgan fingerprint density at radius 1 is 1.13 bits per heavy atom. The third kappa shape index (κ3) is 5.96. The van der Waals surface area contributed by atoms with Crippen molar-refractivity contribution in [3.8, 4) is 0 Å². The summed E-state index contributed by atoms with van der Waals surface area (Å²) in [6, 6.07) is 13.9. The lowest BCUT2D eigenvalue weighted by Crippen LogP contribution is -2.28. The first kappa shape index (κ1) is 22.6. The zero-order chi connectivity index (χ0) is 21.7. The number of hydrogen-bond acceptors (Lipinski definition) is 5. The summed E-state index contributed by atoms with van der Waals surface area (Å²) in [5.74, 6) is 0.435. The molecule has 2 amide bonds. The van der Waals surface area contributed by atoms with E-state index < -0.39 is 0 Å². The maximum Gasteiger partial charge on any atom is 0.251 e. The molecule has 30 heavy (non-hydrogen) atoms. The molecule has 156 valence electrons. The zero-order valence-corrected chi connectivity index (χ0v) is 20.0. The Morgan fingerprint density at radius 2 is 1.80 bits per heavy atom. The Bertz CT molecular complexity index is 1040. The fourth-order valence-electron chi connectivity index (χ4n) is 2.64. The van der Waals surface area contributed by atoms with E-state index in [1.54, 1.807) is 35.9 Å². The van der Waals surface area contributed by atoms with Gasteiger partial charge in [-0.1, -0.05) is 23.4 Å². The molecule has 1 aromatic heterocycles. The Hall–Kier alpha value is -2.11. The van der Waals surface area contributed by atoms with Gasteiger partial charge in [0.25, 0.3) is 5.91 Å². The second kappa shape index (κ2) is 10.3. The molecule has 1 heterocycles. The third-order valence-corrected chi connectivity index (χ3v) is 6.16. The molecule has 10 heteroatoms. The Kier molecular flexibility index (Phi) is 7.73. The molecule has 2 N–H and O–H groups in total. The number of carbonyl (C=O) groups excluding carboxylic acids is 2. The molecule has 1 atom stereocenters. The molecule has 0 unspecified atom stereocenters. The highest BCUT2D eigenvalue weighted by molar-refractivity contribution is 14.1. The second-order valence-corrected chi connectivity index (χ2v) is 9.07. The summed E-state index contributed by atoms with van der Waals surface area (Å²) in [7, 11) is 1.81. The molecule has 0 saturated carbocycles. The Balaban J connectivity index is 1.56. The monoisotopic (exact) mass is 555 g/mol. The van der Waals surface area contributed by atoms with Crippen LogP contribution in [0.3, 0.4) is 0 Å². The topological polar surface area (TPSA) is 88.9 Å². The van der Waals surface area contributed by atoms with E-state index in [0.29, 0.717) is 21.6 Å². The molecule has 0 aliphatic rings. The second-order valence-electron chi connectivity index (χ2n) is 6.45. The number of amides is 2. The fraction of sp³-hybridized carbons (Fsp3) is 0.200. The lowest BCUT2D eigenvalue weighted by molar-refractivity contribution is -0.113. The number of anilines is 1. The highest BCUT2D eigenvalue weighted by Gasteiger charge is 2.19. The summed E-state index contributed by atoms with van der Waals surface area (Å²) in [5, 5.41) is 15.2. The van der Waals surface area contributed by atoms with Gasteiger partial charge in [0.15, 0.2) is 11.0 Å². The van der Waals surface area contributed by atoms with Gasteiger partial charge >= 0.3 is 0 Å². The van der Waals surface area contributed by atoms with Gasteiger partial charge in [0.1, 0.15) is 0 Å². The van der Waals surface area contributed by atoms with E-state index >= 15 is 0 Å². The highest BCUT2D eigenvalue weighted by Crippen LogP contribution is 2.20. The summed E-state index contributed by atoms with van der Waals surface area (Å²) in [6.07, 6.45) is 0. The summed E-state index contributed by atoms with van der Waals surface area (Å²) in [4.78, 5) is 24.6. The normalized spacial score (nSPS) is 11.7. The van der Waals surface area contributed by atoms with E-state index in [4.69, 9.17) is 11.6 Å². The molecule has 0 spiro atoms. The van der Waals surface area contributed by atoms with Crippen LogP contribution in [0.5, 0.6) is 0 Å². The largest absolute Gasteiger partial charge is 0.342 e. The van der Waals surface area contributed by atoms with E-state index in [1.165, 1.54) is 11.8 Å². The van der Waals surface area contributed by atoms with Crippen molar-refractivity contribution in [1.29, 1.82) is 0 Å². The SMILES string of the molecule is C[C@@H](NC(=O)c1ccc(Cl)cc1)c1nnc(SCC(=O)Nc2ccc(I)cc2)n1C. The number of aromatic nitrogens is 3.